The number of rotatable bonds is 7. The Kier molecular flexibility index (Phi) is 6.06. The number of ketones is 1. The Morgan fingerprint density at radius 2 is 1.64 bits per heavy atom. The Morgan fingerprint density at radius 1 is 1.04 bits per heavy atom. The van der Waals surface area contributed by atoms with Crippen molar-refractivity contribution in [2.75, 3.05) is 7.11 Å². The van der Waals surface area contributed by atoms with Crippen LogP contribution in [0.3, 0.4) is 0 Å². The van der Waals surface area contributed by atoms with E-state index in [1.807, 2.05) is 0 Å². The van der Waals surface area contributed by atoms with Crippen LogP contribution in [-0.2, 0) is 19.6 Å². The first-order valence-corrected chi connectivity index (χ1v) is 9.07. The van der Waals surface area contributed by atoms with Gasteiger partial charge in [0.2, 0.25) is 10.0 Å². The number of methoxy groups -OCH3 is 1. The predicted molar refractivity (Wildman–Crippen MR) is 92.6 cm³/mol. The van der Waals surface area contributed by atoms with Gasteiger partial charge in [0.25, 0.3) is 0 Å². The summed E-state index contributed by atoms with van der Waals surface area (Å²) in [5.74, 6) is -0.673. The highest BCUT2D eigenvalue weighted by Gasteiger charge is 2.24. The molecule has 0 radical (unpaired) electrons. The van der Waals surface area contributed by atoms with Crippen molar-refractivity contribution in [2.45, 2.75) is 24.3 Å². The molecule has 0 aliphatic carbocycles. The average Bonchev–Trinajstić information content (AvgIpc) is 2.61. The molecule has 0 spiro atoms. The molecule has 132 valence electrons. The molecule has 2 aromatic rings. The topological polar surface area (TPSA) is 89.5 Å². The lowest BCUT2D eigenvalue weighted by atomic mass is 10.1. The molecule has 0 amide bonds. The lowest BCUT2D eigenvalue weighted by Crippen LogP contribution is -2.30. The Hall–Kier alpha value is -2.51. The molecule has 1 unspecified atom stereocenters. The van der Waals surface area contributed by atoms with Crippen molar-refractivity contribution in [3.8, 4) is 0 Å². The first-order chi connectivity index (χ1) is 11.8. The number of hydrogen-bond donors (Lipinski definition) is 1. The van der Waals surface area contributed by atoms with Gasteiger partial charge in [-0.1, -0.05) is 42.5 Å². The predicted octanol–water partition coefficient (Wildman–Crippen LogP) is 2.47. The van der Waals surface area contributed by atoms with Crippen molar-refractivity contribution in [1.29, 1.82) is 0 Å². The Balaban J connectivity index is 2.29. The first kappa shape index (κ1) is 18.8. The van der Waals surface area contributed by atoms with E-state index in [1.165, 1.54) is 38.3 Å². The third-order valence-electron chi connectivity index (χ3n) is 3.67. The maximum Gasteiger partial charge on any atom is 0.307 e. The van der Waals surface area contributed by atoms with Gasteiger partial charge in [0.15, 0.2) is 5.78 Å². The van der Waals surface area contributed by atoms with Crippen LogP contribution in [0, 0.1) is 0 Å². The fourth-order valence-corrected chi connectivity index (χ4v) is 3.51. The first-order valence-electron chi connectivity index (χ1n) is 7.58. The quantitative estimate of drug-likeness (QED) is 0.604. The molecule has 1 N–H and O–H groups in total. The zero-order chi connectivity index (χ0) is 18.4. The van der Waals surface area contributed by atoms with E-state index in [9.17, 15) is 18.0 Å². The number of nitrogens with one attached hydrogen (secondary N) is 1. The summed E-state index contributed by atoms with van der Waals surface area (Å²) < 4.78 is 32.4. The molecule has 7 heteroatoms. The lowest BCUT2D eigenvalue weighted by molar-refractivity contribution is -0.141. The van der Waals surface area contributed by atoms with Gasteiger partial charge in [0.05, 0.1) is 24.5 Å². The molecular formula is C18H19NO5S. The number of esters is 1. The number of carbonyl (C=O) groups excluding carboxylic acids is 2. The van der Waals surface area contributed by atoms with E-state index < -0.39 is 22.0 Å². The zero-order valence-electron chi connectivity index (χ0n) is 13.9. The van der Waals surface area contributed by atoms with Gasteiger partial charge in [-0.25, -0.2) is 13.1 Å². The molecule has 2 aromatic carbocycles. The summed E-state index contributed by atoms with van der Waals surface area (Å²) in [5, 5.41) is 0. The van der Waals surface area contributed by atoms with E-state index in [2.05, 4.69) is 9.46 Å². The summed E-state index contributed by atoms with van der Waals surface area (Å²) in [7, 11) is -2.62. The number of carbonyl (C=O) groups is 2. The van der Waals surface area contributed by atoms with Crippen molar-refractivity contribution >= 4 is 21.8 Å². The van der Waals surface area contributed by atoms with Crippen LogP contribution in [0.25, 0.3) is 0 Å². The largest absolute Gasteiger partial charge is 0.469 e. The van der Waals surface area contributed by atoms with Crippen molar-refractivity contribution < 1.29 is 22.7 Å². The smallest absolute Gasteiger partial charge is 0.307 e. The number of benzene rings is 2. The third-order valence-corrected chi connectivity index (χ3v) is 5.16. The van der Waals surface area contributed by atoms with Crippen molar-refractivity contribution in [3.63, 3.8) is 0 Å². The van der Waals surface area contributed by atoms with Crippen LogP contribution in [0.5, 0.6) is 0 Å². The minimum absolute atomic E-state index is 0.0169. The van der Waals surface area contributed by atoms with E-state index in [0.717, 1.165) is 0 Å². The summed E-state index contributed by atoms with van der Waals surface area (Å²) in [6.45, 7) is 1.41. The Morgan fingerprint density at radius 3 is 2.16 bits per heavy atom. The van der Waals surface area contributed by atoms with E-state index in [0.29, 0.717) is 11.1 Å². The van der Waals surface area contributed by atoms with Gasteiger partial charge in [0, 0.05) is 5.56 Å². The minimum atomic E-state index is -3.87. The van der Waals surface area contributed by atoms with Crippen molar-refractivity contribution in [1.82, 2.24) is 4.72 Å². The molecular weight excluding hydrogens is 342 g/mol. The average molecular weight is 361 g/mol. The van der Waals surface area contributed by atoms with E-state index in [1.54, 1.807) is 30.3 Å². The minimum Gasteiger partial charge on any atom is -0.469 e. The normalized spacial score (nSPS) is 12.4. The zero-order valence-corrected chi connectivity index (χ0v) is 14.7. The standard InChI is InChI=1S/C18H19NO5S/c1-13(20)14-8-10-16(11-9-14)25(22,23)19-17(12-18(21)24-2)15-6-4-3-5-7-15/h3-11,17,19H,12H2,1-2H3. The van der Waals surface area contributed by atoms with E-state index in [-0.39, 0.29) is 17.1 Å². The van der Waals surface area contributed by atoms with Gasteiger partial charge in [-0.15, -0.1) is 0 Å². The van der Waals surface area contributed by atoms with Crippen molar-refractivity contribution in [3.05, 3.63) is 65.7 Å². The molecule has 0 aliphatic heterocycles. The third kappa shape index (κ3) is 4.98. The van der Waals surface area contributed by atoms with Crippen LogP contribution in [0.2, 0.25) is 0 Å². The van der Waals surface area contributed by atoms with Crippen LogP contribution in [0.15, 0.2) is 59.5 Å². The summed E-state index contributed by atoms with van der Waals surface area (Å²) in [5.41, 5.74) is 1.07. The Bertz CT molecular complexity index is 845. The van der Waals surface area contributed by atoms with E-state index in [4.69, 9.17) is 0 Å². The second kappa shape index (κ2) is 8.04. The lowest BCUT2D eigenvalue weighted by Gasteiger charge is -2.18. The van der Waals surface area contributed by atoms with Gasteiger partial charge in [-0.3, -0.25) is 9.59 Å². The summed E-state index contributed by atoms with van der Waals surface area (Å²) in [6.07, 6.45) is -0.134. The molecule has 1 atom stereocenters. The summed E-state index contributed by atoms with van der Waals surface area (Å²) in [6, 6.07) is 13.6. The number of ether oxygens (including phenoxy) is 1. The molecule has 0 saturated heterocycles. The summed E-state index contributed by atoms with van der Waals surface area (Å²) >= 11 is 0. The maximum atomic E-state index is 12.6. The molecule has 0 heterocycles. The van der Waals surface area contributed by atoms with Crippen LogP contribution in [-0.4, -0.2) is 27.3 Å². The fourth-order valence-electron chi connectivity index (χ4n) is 2.29. The fraction of sp³-hybridized carbons (Fsp3) is 0.222. The Labute approximate surface area is 146 Å². The molecule has 6 nitrogen and oxygen atoms in total. The highest BCUT2D eigenvalue weighted by Crippen LogP contribution is 2.21. The molecule has 2 rings (SSSR count). The van der Waals surface area contributed by atoms with Gasteiger partial charge in [-0.05, 0) is 24.6 Å². The van der Waals surface area contributed by atoms with Crippen LogP contribution in [0.1, 0.15) is 35.3 Å². The SMILES string of the molecule is COC(=O)CC(NS(=O)(=O)c1ccc(C(C)=O)cc1)c1ccccc1. The van der Waals surface area contributed by atoms with Gasteiger partial charge < -0.3 is 4.74 Å². The molecule has 0 bridgehead atoms. The maximum absolute atomic E-state index is 12.6. The highest BCUT2D eigenvalue weighted by atomic mass is 32.2. The molecule has 0 aromatic heterocycles. The molecule has 0 saturated carbocycles. The monoisotopic (exact) mass is 361 g/mol. The highest BCUT2D eigenvalue weighted by molar-refractivity contribution is 7.89. The van der Waals surface area contributed by atoms with Gasteiger partial charge in [0.1, 0.15) is 0 Å². The van der Waals surface area contributed by atoms with Gasteiger partial charge >= 0.3 is 5.97 Å². The van der Waals surface area contributed by atoms with Crippen LogP contribution in [0.4, 0.5) is 0 Å². The van der Waals surface area contributed by atoms with Crippen LogP contribution >= 0.6 is 0 Å². The molecule has 0 fully saturated rings. The second-order valence-corrected chi connectivity index (χ2v) is 7.16. The van der Waals surface area contributed by atoms with Crippen molar-refractivity contribution in [2.24, 2.45) is 0 Å². The second-order valence-electron chi connectivity index (χ2n) is 5.45. The number of Topliss-reactive ketones (excluding diaryl/α,β-unsaturated/α-hetero) is 1. The van der Waals surface area contributed by atoms with Gasteiger partial charge in [-0.2, -0.15) is 0 Å². The molecule has 25 heavy (non-hydrogen) atoms. The van der Waals surface area contributed by atoms with Crippen LogP contribution < -0.4 is 4.72 Å². The molecule has 0 aliphatic rings. The summed E-state index contributed by atoms with van der Waals surface area (Å²) in [4.78, 5) is 23.0. The van der Waals surface area contributed by atoms with E-state index >= 15 is 0 Å². The number of sulfonamides is 1. The number of hydrogen-bond acceptors (Lipinski definition) is 5.